The Hall–Kier alpha value is -1.65. The van der Waals surface area contributed by atoms with Crippen molar-refractivity contribution in [2.75, 3.05) is 6.61 Å². The van der Waals surface area contributed by atoms with Crippen LogP contribution in [0.5, 0.6) is 0 Å². The molecule has 0 radical (unpaired) electrons. The third-order valence-corrected chi connectivity index (χ3v) is 6.76. The highest BCUT2D eigenvalue weighted by molar-refractivity contribution is 5.76. The van der Waals surface area contributed by atoms with E-state index >= 15 is 0 Å². The Morgan fingerprint density at radius 2 is 1.03 bits per heavy atom. The second kappa shape index (κ2) is 29.9. The maximum Gasteiger partial charge on any atom is 0.220 e. The molecule has 220 valence electrons. The molecule has 2 atom stereocenters. The molecule has 0 aromatic carbocycles. The van der Waals surface area contributed by atoms with Gasteiger partial charge in [0, 0.05) is 6.42 Å². The van der Waals surface area contributed by atoms with E-state index in [0.29, 0.717) is 6.42 Å². The minimum absolute atomic E-state index is 0.118. The van der Waals surface area contributed by atoms with Gasteiger partial charge in [0.1, 0.15) is 0 Å². The van der Waals surface area contributed by atoms with Crippen LogP contribution in [0.3, 0.4) is 0 Å². The molecule has 0 saturated carbocycles. The number of aliphatic hydroxyl groups is 2. The van der Waals surface area contributed by atoms with E-state index in [-0.39, 0.29) is 12.5 Å². The van der Waals surface area contributed by atoms with Crippen LogP contribution in [0.2, 0.25) is 0 Å². The molecule has 1 amide bonds. The second-order valence-corrected chi connectivity index (χ2v) is 10.5. The Balaban J connectivity index is 3.81. The van der Waals surface area contributed by atoms with Crippen LogP contribution in [0.25, 0.3) is 0 Å². The van der Waals surface area contributed by atoms with E-state index in [9.17, 15) is 15.0 Å². The Kier molecular flexibility index (Phi) is 28.6. The van der Waals surface area contributed by atoms with E-state index < -0.39 is 12.1 Å². The molecule has 38 heavy (non-hydrogen) atoms. The van der Waals surface area contributed by atoms with Crippen molar-refractivity contribution < 1.29 is 15.0 Å². The molecule has 2 unspecified atom stereocenters. The molecule has 0 aromatic heterocycles. The molecule has 0 aliphatic carbocycles. The van der Waals surface area contributed by atoms with Gasteiger partial charge in [-0.25, -0.2) is 0 Å². The van der Waals surface area contributed by atoms with Crippen LogP contribution >= 0.6 is 0 Å². The summed E-state index contributed by atoms with van der Waals surface area (Å²) < 4.78 is 0. The Bertz CT molecular complexity index is 623. The topological polar surface area (TPSA) is 69.6 Å². The standard InChI is InChI=1S/C34H61NO3/c1-3-5-7-9-11-13-14-15-16-17-18-19-20-22-23-25-27-29-33(37)32(31-36)35-34(38)30-28-26-24-21-12-10-8-6-4-2/h16-17,20-22,24,27,29,32-33,36-37H,3-15,18-19,23,25-26,28,30-31H2,1-2H3,(H,35,38)/b17-16+,22-20+,24-21-,29-27+. The van der Waals surface area contributed by atoms with Gasteiger partial charge in [-0.15, -0.1) is 0 Å². The number of rotatable bonds is 27. The molecule has 4 nitrogen and oxygen atoms in total. The van der Waals surface area contributed by atoms with Crippen molar-refractivity contribution in [2.24, 2.45) is 0 Å². The van der Waals surface area contributed by atoms with E-state index in [4.69, 9.17) is 0 Å². The number of hydrogen-bond acceptors (Lipinski definition) is 3. The van der Waals surface area contributed by atoms with Crippen LogP contribution in [0.1, 0.15) is 142 Å². The number of hydrogen-bond donors (Lipinski definition) is 3. The van der Waals surface area contributed by atoms with Gasteiger partial charge in [0.05, 0.1) is 18.8 Å². The lowest BCUT2D eigenvalue weighted by atomic mass is 10.1. The number of aliphatic hydroxyl groups excluding tert-OH is 2. The third kappa shape index (κ3) is 26.0. The number of amides is 1. The quantitative estimate of drug-likeness (QED) is 0.0732. The third-order valence-electron chi connectivity index (χ3n) is 6.76. The van der Waals surface area contributed by atoms with Gasteiger partial charge >= 0.3 is 0 Å². The molecule has 0 bridgehead atoms. The van der Waals surface area contributed by atoms with E-state index in [1.165, 1.54) is 77.0 Å². The molecule has 0 fully saturated rings. The largest absolute Gasteiger partial charge is 0.394 e. The fraction of sp³-hybridized carbons (Fsp3) is 0.735. The van der Waals surface area contributed by atoms with Gasteiger partial charge in [0.25, 0.3) is 0 Å². The molecule has 0 heterocycles. The molecular weight excluding hydrogens is 470 g/mol. The maximum atomic E-state index is 12.2. The lowest BCUT2D eigenvalue weighted by molar-refractivity contribution is -0.122. The molecule has 4 heteroatoms. The summed E-state index contributed by atoms with van der Waals surface area (Å²) in [4.78, 5) is 12.2. The number of nitrogens with one attached hydrogen (secondary N) is 1. The normalized spacial score (nSPS) is 13.9. The van der Waals surface area contributed by atoms with Gasteiger partial charge in [-0.2, -0.15) is 0 Å². The van der Waals surface area contributed by atoms with Crippen molar-refractivity contribution in [3.63, 3.8) is 0 Å². The molecule has 0 aliphatic rings. The van der Waals surface area contributed by atoms with Crippen LogP contribution in [0.15, 0.2) is 48.6 Å². The number of carbonyl (C=O) groups excluding carboxylic acids is 1. The van der Waals surface area contributed by atoms with Crippen LogP contribution in [0.4, 0.5) is 0 Å². The summed E-state index contributed by atoms with van der Waals surface area (Å²) in [5, 5.41) is 22.7. The fourth-order valence-corrected chi connectivity index (χ4v) is 4.27. The summed E-state index contributed by atoms with van der Waals surface area (Å²) in [6.07, 6.45) is 39.1. The van der Waals surface area contributed by atoms with Gasteiger partial charge in [-0.05, 0) is 64.2 Å². The lowest BCUT2D eigenvalue weighted by Crippen LogP contribution is -2.45. The van der Waals surface area contributed by atoms with Gasteiger partial charge in [0.2, 0.25) is 5.91 Å². The first-order chi connectivity index (χ1) is 18.7. The SMILES string of the molecule is CCCCCC/C=C\CCCC(=O)NC(CO)C(O)/C=C/CC/C=C/CC/C=C/CCCCCCCCC. The van der Waals surface area contributed by atoms with Crippen LogP contribution in [-0.2, 0) is 4.79 Å². The monoisotopic (exact) mass is 531 g/mol. The Labute approximate surface area is 235 Å². The zero-order valence-electron chi connectivity index (χ0n) is 24.9. The first kappa shape index (κ1) is 36.4. The van der Waals surface area contributed by atoms with Crippen LogP contribution < -0.4 is 5.32 Å². The summed E-state index contributed by atoms with van der Waals surface area (Å²) in [6, 6.07) is -0.656. The van der Waals surface area contributed by atoms with Crippen molar-refractivity contribution in [1.29, 1.82) is 0 Å². The first-order valence-electron chi connectivity index (χ1n) is 15.9. The first-order valence-corrected chi connectivity index (χ1v) is 15.9. The van der Waals surface area contributed by atoms with Gasteiger partial charge in [0.15, 0.2) is 0 Å². The molecule has 3 N–H and O–H groups in total. The zero-order valence-corrected chi connectivity index (χ0v) is 24.9. The van der Waals surface area contributed by atoms with E-state index in [1.807, 2.05) is 6.08 Å². The molecule has 0 rings (SSSR count). The molecular formula is C34H61NO3. The fourth-order valence-electron chi connectivity index (χ4n) is 4.27. The highest BCUT2D eigenvalue weighted by atomic mass is 16.3. The average molecular weight is 532 g/mol. The summed E-state index contributed by atoms with van der Waals surface area (Å²) in [5.74, 6) is -0.118. The Morgan fingerprint density at radius 1 is 0.605 bits per heavy atom. The average Bonchev–Trinajstić information content (AvgIpc) is 2.92. The van der Waals surface area contributed by atoms with Crippen molar-refractivity contribution >= 4 is 5.91 Å². The van der Waals surface area contributed by atoms with Gasteiger partial charge in [-0.3, -0.25) is 4.79 Å². The lowest BCUT2D eigenvalue weighted by Gasteiger charge is -2.19. The van der Waals surface area contributed by atoms with Gasteiger partial charge in [-0.1, -0.05) is 120 Å². The van der Waals surface area contributed by atoms with Crippen molar-refractivity contribution in [3.8, 4) is 0 Å². The number of carbonyl (C=O) groups is 1. The van der Waals surface area contributed by atoms with Crippen molar-refractivity contribution in [3.05, 3.63) is 48.6 Å². The minimum Gasteiger partial charge on any atom is -0.394 e. The maximum absolute atomic E-state index is 12.2. The molecule has 0 aromatic rings. The number of allylic oxidation sites excluding steroid dienone is 7. The second-order valence-electron chi connectivity index (χ2n) is 10.5. The minimum atomic E-state index is -0.877. The van der Waals surface area contributed by atoms with Crippen molar-refractivity contribution in [2.45, 2.75) is 154 Å². The predicted molar refractivity (Wildman–Crippen MR) is 165 cm³/mol. The van der Waals surface area contributed by atoms with Crippen molar-refractivity contribution in [1.82, 2.24) is 5.32 Å². The van der Waals surface area contributed by atoms with Crippen LogP contribution in [0, 0.1) is 0 Å². The predicted octanol–water partition coefficient (Wildman–Crippen LogP) is 8.89. The summed E-state index contributed by atoms with van der Waals surface area (Å²) in [5.41, 5.74) is 0. The Morgan fingerprint density at radius 3 is 1.55 bits per heavy atom. The highest BCUT2D eigenvalue weighted by Crippen LogP contribution is 2.09. The van der Waals surface area contributed by atoms with Gasteiger partial charge < -0.3 is 15.5 Å². The van der Waals surface area contributed by atoms with E-state index in [1.54, 1.807) is 6.08 Å². The molecule has 0 saturated heterocycles. The van der Waals surface area contributed by atoms with E-state index in [2.05, 4.69) is 55.6 Å². The number of unbranched alkanes of at least 4 members (excludes halogenated alkanes) is 14. The summed E-state index contributed by atoms with van der Waals surface area (Å²) in [7, 11) is 0. The van der Waals surface area contributed by atoms with E-state index in [0.717, 1.165) is 44.9 Å². The highest BCUT2D eigenvalue weighted by Gasteiger charge is 2.17. The summed E-state index contributed by atoms with van der Waals surface area (Å²) in [6.45, 7) is 4.20. The van der Waals surface area contributed by atoms with Crippen LogP contribution in [-0.4, -0.2) is 34.9 Å². The smallest absolute Gasteiger partial charge is 0.220 e. The molecule has 0 aliphatic heterocycles. The zero-order chi connectivity index (χ0) is 27.9. The summed E-state index contributed by atoms with van der Waals surface area (Å²) >= 11 is 0. The molecule has 0 spiro atoms.